The zero-order valence-electron chi connectivity index (χ0n) is 21.8. The number of hydrogen-bond acceptors (Lipinski definition) is 5. The summed E-state index contributed by atoms with van der Waals surface area (Å²) in [4.78, 5) is 16.9. The molecule has 2 heterocycles. The largest absolute Gasteiger partial charge is 0.433 e. The zero-order valence-corrected chi connectivity index (χ0v) is 21.8. The number of halogens is 3. The predicted octanol–water partition coefficient (Wildman–Crippen LogP) is 6.01. The molecular weight excluding hydrogens is 493 g/mol. The maximum absolute atomic E-state index is 12.5. The molecule has 1 saturated heterocycles. The summed E-state index contributed by atoms with van der Waals surface area (Å²) in [7, 11) is 1.59. The van der Waals surface area contributed by atoms with Crippen molar-refractivity contribution in [3.63, 3.8) is 0 Å². The molecule has 9 heteroatoms. The first-order chi connectivity index (χ1) is 18.3. The van der Waals surface area contributed by atoms with E-state index in [-0.39, 0.29) is 11.9 Å². The van der Waals surface area contributed by atoms with Crippen molar-refractivity contribution in [2.75, 3.05) is 32.1 Å². The van der Waals surface area contributed by atoms with Gasteiger partial charge in [-0.3, -0.25) is 9.69 Å². The molecule has 206 valence electrons. The first-order valence-corrected chi connectivity index (χ1v) is 13.1. The number of carbonyl (C=O) groups is 1. The average Bonchev–Trinajstić information content (AvgIpc) is 2.94. The summed E-state index contributed by atoms with van der Waals surface area (Å²) in [5.74, 6) is -0.310. The third-order valence-electron chi connectivity index (χ3n) is 6.57. The summed E-state index contributed by atoms with van der Waals surface area (Å²) in [5.41, 5.74) is 6.43. The predicted molar refractivity (Wildman–Crippen MR) is 145 cm³/mol. The SMILES string of the molecule is C1CCCCC1.CNc1cc(C(F)(F)F)nc2ccccc12.NC(=O)C1COCCN1Cc1ccccc1. The van der Waals surface area contributed by atoms with E-state index in [4.69, 9.17) is 10.5 Å². The third kappa shape index (κ3) is 8.99. The van der Waals surface area contributed by atoms with E-state index < -0.39 is 11.9 Å². The van der Waals surface area contributed by atoms with Gasteiger partial charge >= 0.3 is 6.18 Å². The Labute approximate surface area is 222 Å². The van der Waals surface area contributed by atoms with Gasteiger partial charge in [-0.15, -0.1) is 0 Å². The zero-order chi connectivity index (χ0) is 27.4. The summed E-state index contributed by atoms with van der Waals surface area (Å²) in [6.45, 7) is 2.57. The van der Waals surface area contributed by atoms with Crippen molar-refractivity contribution >= 4 is 22.5 Å². The van der Waals surface area contributed by atoms with E-state index in [9.17, 15) is 18.0 Å². The van der Waals surface area contributed by atoms with Gasteiger partial charge in [-0.2, -0.15) is 13.2 Å². The number of alkyl halides is 3. The van der Waals surface area contributed by atoms with Crippen molar-refractivity contribution in [1.29, 1.82) is 0 Å². The maximum atomic E-state index is 12.5. The minimum Gasteiger partial charge on any atom is -0.388 e. The van der Waals surface area contributed by atoms with Gasteiger partial charge in [0.05, 0.1) is 18.7 Å². The number of anilines is 1. The number of nitrogens with two attached hydrogens (primary N) is 1. The molecule has 1 aromatic heterocycles. The van der Waals surface area contributed by atoms with Crippen LogP contribution in [0.25, 0.3) is 10.9 Å². The molecule has 6 nitrogen and oxygen atoms in total. The van der Waals surface area contributed by atoms with Crippen LogP contribution in [-0.2, 0) is 22.3 Å². The lowest BCUT2D eigenvalue weighted by Gasteiger charge is -2.33. The molecular formula is C29H37F3N4O2. The lowest BCUT2D eigenvalue weighted by Crippen LogP contribution is -2.51. The summed E-state index contributed by atoms with van der Waals surface area (Å²) in [5, 5.41) is 3.42. The van der Waals surface area contributed by atoms with Crippen LogP contribution in [0.3, 0.4) is 0 Å². The topological polar surface area (TPSA) is 80.5 Å². The molecule has 2 aromatic carbocycles. The minimum atomic E-state index is -4.42. The van der Waals surface area contributed by atoms with Gasteiger partial charge in [-0.25, -0.2) is 4.98 Å². The molecule has 1 unspecified atom stereocenters. The molecule has 0 radical (unpaired) electrons. The van der Waals surface area contributed by atoms with Gasteiger partial charge < -0.3 is 15.8 Å². The lowest BCUT2D eigenvalue weighted by atomic mass is 10.0. The monoisotopic (exact) mass is 530 g/mol. The summed E-state index contributed by atoms with van der Waals surface area (Å²) in [6, 6.07) is 17.5. The first-order valence-electron chi connectivity index (χ1n) is 13.1. The molecule has 1 aliphatic heterocycles. The molecule has 1 amide bonds. The van der Waals surface area contributed by atoms with Crippen molar-refractivity contribution in [3.05, 3.63) is 71.9 Å². The highest BCUT2D eigenvalue weighted by atomic mass is 19.4. The number of carbonyl (C=O) groups excluding carboxylic acids is 1. The first kappa shape index (κ1) is 29.4. The quantitative estimate of drug-likeness (QED) is 0.432. The number of benzene rings is 2. The molecule has 1 saturated carbocycles. The molecule has 3 aromatic rings. The van der Waals surface area contributed by atoms with Gasteiger partial charge in [0.25, 0.3) is 0 Å². The molecule has 1 atom stereocenters. The maximum Gasteiger partial charge on any atom is 0.433 e. The molecule has 2 aliphatic rings. The minimum absolute atomic E-state index is 0.297. The fraction of sp³-hybridized carbons (Fsp3) is 0.448. The van der Waals surface area contributed by atoms with Crippen LogP contribution in [0.1, 0.15) is 49.8 Å². The Morgan fingerprint density at radius 2 is 1.63 bits per heavy atom. The van der Waals surface area contributed by atoms with E-state index in [1.165, 1.54) is 44.1 Å². The number of ether oxygens (including phenoxy) is 1. The molecule has 0 spiro atoms. The Kier molecular flexibility index (Phi) is 11.4. The van der Waals surface area contributed by atoms with E-state index in [0.29, 0.717) is 29.8 Å². The van der Waals surface area contributed by atoms with Crippen LogP contribution in [0.2, 0.25) is 0 Å². The van der Waals surface area contributed by atoms with Gasteiger partial charge in [-0.05, 0) is 17.7 Å². The second-order valence-electron chi connectivity index (χ2n) is 9.39. The normalized spacial score (nSPS) is 17.9. The summed E-state index contributed by atoms with van der Waals surface area (Å²) >= 11 is 0. The van der Waals surface area contributed by atoms with Crippen LogP contribution in [-0.4, -0.2) is 48.6 Å². The molecule has 38 heavy (non-hydrogen) atoms. The fourth-order valence-corrected chi connectivity index (χ4v) is 4.50. The second-order valence-corrected chi connectivity index (χ2v) is 9.39. The molecule has 2 fully saturated rings. The van der Waals surface area contributed by atoms with Crippen LogP contribution in [0.5, 0.6) is 0 Å². The standard InChI is InChI=1S/C12H16N2O2.C11H9F3N2.C6H12/c13-12(15)11-9-16-7-6-14(11)8-10-4-2-1-3-5-10;1-15-9-6-10(11(12,13)14)16-8-5-3-2-4-7(8)9;1-2-4-6-5-3-1/h1-5,11H,6-9H2,(H2,13,15);2-6H,1H3,(H,15,16);1-6H2. The van der Waals surface area contributed by atoms with Crippen molar-refractivity contribution in [3.8, 4) is 0 Å². The lowest BCUT2D eigenvalue weighted by molar-refractivity contribution is -0.141. The molecule has 5 rings (SSSR count). The Morgan fingerprint density at radius 1 is 1.03 bits per heavy atom. The van der Waals surface area contributed by atoms with Crippen LogP contribution in [0.15, 0.2) is 60.7 Å². The number of primary amides is 1. The van der Waals surface area contributed by atoms with Crippen LogP contribution >= 0.6 is 0 Å². The number of pyridine rings is 1. The average molecular weight is 531 g/mol. The van der Waals surface area contributed by atoms with Gasteiger partial charge in [0.2, 0.25) is 5.91 Å². The molecule has 0 bridgehead atoms. The highest BCUT2D eigenvalue weighted by Gasteiger charge is 2.33. The van der Waals surface area contributed by atoms with Gasteiger partial charge in [-0.1, -0.05) is 87.1 Å². The van der Waals surface area contributed by atoms with E-state index in [0.717, 1.165) is 19.2 Å². The van der Waals surface area contributed by atoms with Crippen molar-refractivity contribution in [2.45, 2.75) is 57.3 Å². The number of nitrogens with one attached hydrogen (secondary N) is 1. The Morgan fingerprint density at radius 3 is 2.21 bits per heavy atom. The van der Waals surface area contributed by atoms with E-state index in [1.54, 1.807) is 31.3 Å². The van der Waals surface area contributed by atoms with Crippen LogP contribution in [0, 0.1) is 0 Å². The van der Waals surface area contributed by atoms with E-state index >= 15 is 0 Å². The Balaban J connectivity index is 0.000000173. The van der Waals surface area contributed by atoms with Gasteiger partial charge in [0.15, 0.2) is 0 Å². The number of fused-ring (bicyclic) bond motifs is 1. The number of para-hydroxylation sites is 1. The van der Waals surface area contributed by atoms with Crippen molar-refractivity contribution in [1.82, 2.24) is 9.88 Å². The van der Waals surface area contributed by atoms with Crippen molar-refractivity contribution < 1.29 is 22.7 Å². The van der Waals surface area contributed by atoms with Crippen LogP contribution < -0.4 is 11.1 Å². The Bertz CT molecular complexity index is 1130. The Hall–Kier alpha value is -3.17. The number of hydrogen-bond donors (Lipinski definition) is 2. The van der Waals surface area contributed by atoms with Gasteiger partial charge in [0.1, 0.15) is 11.7 Å². The van der Waals surface area contributed by atoms with E-state index in [2.05, 4.69) is 15.2 Å². The third-order valence-corrected chi connectivity index (χ3v) is 6.57. The number of nitrogens with zero attached hydrogens (tertiary/aromatic N) is 2. The summed E-state index contributed by atoms with van der Waals surface area (Å²) < 4.78 is 42.9. The number of aromatic nitrogens is 1. The second kappa shape index (κ2) is 14.7. The van der Waals surface area contributed by atoms with Crippen LogP contribution in [0.4, 0.5) is 18.9 Å². The highest BCUT2D eigenvalue weighted by molar-refractivity contribution is 5.91. The number of morpholine rings is 1. The number of amides is 1. The van der Waals surface area contributed by atoms with E-state index in [1.807, 2.05) is 30.3 Å². The number of rotatable bonds is 4. The van der Waals surface area contributed by atoms with Crippen molar-refractivity contribution in [2.24, 2.45) is 5.73 Å². The fourth-order valence-electron chi connectivity index (χ4n) is 4.50. The van der Waals surface area contributed by atoms with Gasteiger partial charge in [0, 0.05) is 31.2 Å². The summed E-state index contributed by atoms with van der Waals surface area (Å²) in [6.07, 6.45) is 4.58. The highest BCUT2D eigenvalue weighted by Crippen LogP contribution is 2.32. The smallest absolute Gasteiger partial charge is 0.388 e. The molecule has 3 N–H and O–H groups in total. The molecule has 1 aliphatic carbocycles.